The van der Waals surface area contributed by atoms with E-state index in [4.69, 9.17) is 4.74 Å². The number of anilines is 1. The van der Waals surface area contributed by atoms with Crippen LogP contribution in [0, 0.1) is 0 Å². The highest BCUT2D eigenvalue weighted by molar-refractivity contribution is 6.06. The molecule has 0 aliphatic heterocycles. The molecule has 0 aliphatic rings. The van der Waals surface area contributed by atoms with E-state index in [0.717, 1.165) is 16.3 Å². The molecule has 5 nitrogen and oxygen atoms in total. The number of fused-ring (bicyclic) bond motifs is 1. The van der Waals surface area contributed by atoms with Crippen LogP contribution in [0.4, 0.5) is 5.69 Å². The molecule has 0 saturated carbocycles. The Labute approximate surface area is 156 Å². The van der Waals surface area contributed by atoms with Crippen LogP contribution in [0.2, 0.25) is 0 Å². The first kappa shape index (κ1) is 16.7. The van der Waals surface area contributed by atoms with Crippen molar-refractivity contribution in [1.29, 1.82) is 0 Å². The van der Waals surface area contributed by atoms with Gasteiger partial charge < -0.3 is 10.1 Å². The van der Waals surface area contributed by atoms with Crippen molar-refractivity contribution in [3.8, 4) is 17.1 Å². The number of ether oxygens (including phenoxy) is 1. The van der Waals surface area contributed by atoms with Crippen molar-refractivity contribution < 1.29 is 9.53 Å². The molecule has 0 saturated heterocycles. The molecule has 0 atom stereocenters. The monoisotopic (exact) mass is 355 g/mol. The van der Waals surface area contributed by atoms with Gasteiger partial charge in [0, 0.05) is 22.9 Å². The zero-order chi connectivity index (χ0) is 18.6. The Bertz CT molecular complexity index is 1110. The summed E-state index contributed by atoms with van der Waals surface area (Å²) in [6, 6.07) is 24.7. The summed E-state index contributed by atoms with van der Waals surface area (Å²) in [4.78, 5) is 12.6. The minimum atomic E-state index is -0.154. The first-order chi connectivity index (χ1) is 13.2. The fourth-order valence-electron chi connectivity index (χ4n) is 2.87. The van der Waals surface area contributed by atoms with Crippen LogP contribution in [-0.2, 0) is 0 Å². The van der Waals surface area contributed by atoms with Crippen LogP contribution < -0.4 is 10.1 Å². The zero-order valence-corrected chi connectivity index (χ0v) is 14.7. The molecular weight excluding hydrogens is 338 g/mol. The highest BCUT2D eigenvalue weighted by Gasteiger charge is 2.08. The van der Waals surface area contributed by atoms with E-state index in [9.17, 15) is 4.79 Å². The van der Waals surface area contributed by atoms with Gasteiger partial charge in [0.05, 0.1) is 12.8 Å². The van der Waals surface area contributed by atoms with Crippen LogP contribution in [0.5, 0.6) is 5.88 Å². The summed E-state index contributed by atoms with van der Waals surface area (Å²) in [5.74, 6) is 0.304. The Morgan fingerprint density at radius 2 is 1.70 bits per heavy atom. The van der Waals surface area contributed by atoms with Crippen molar-refractivity contribution in [3.63, 3.8) is 0 Å². The number of amides is 1. The lowest BCUT2D eigenvalue weighted by molar-refractivity contribution is 0.102. The normalized spacial score (nSPS) is 10.6. The number of rotatable bonds is 4. The fourth-order valence-corrected chi connectivity index (χ4v) is 2.87. The maximum Gasteiger partial charge on any atom is 0.255 e. The van der Waals surface area contributed by atoms with Gasteiger partial charge in [0.15, 0.2) is 0 Å². The van der Waals surface area contributed by atoms with Crippen molar-refractivity contribution in [2.24, 2.45) is 0 Å². The SMILES string of the molecule is COc1ccc(-c2cccc(NC(=O)c3ccc4ccccc4c3)c2)nn1. The van der Waals surface area contributed by atoms with E-state index in [0.29, 0.717) is 22.8 Å². The number of nitrogens with zero attached hydrogens (tertiary/aromatic N) is 2. The molecule has 1 amide bonds. The molecule has 1 heterocycles. The lowest BCUT2D eigenvalue weighted by atomic mass is 10.1. The molecule has 132 valence electrons. The van der Waals surface area contributed by atoms with Crippen LogP contribution in [0.25, 0.3) is 22.0 Å². The van der Waals surface area contributed by atoms with Gasteiger partial charge in [-0.1, -0.05) is 42.5 Å². The number of hydrogen-bond donors (Lipinski definition) is 1. The molecule has 1 aromatic heterocycles. The Balaban J connectivity index is 1.57. The standard InChI is InChI=1S/C22H17N3O2/c1-27-21-12-11-20(24-25-21)17-7-4-8-19(14-17)23-22(26)18-10-9-15-5-2-3-6-16(15)13-18/h2-14H,1H3,(H,23,26). The molecule has 0 unspecified atom stereocenters. The van der Waals surface area contributed by atoms with Crippen molar-refractivity contribution in [2.45, 2.75) is 0 Å². The highest BCUT2D eigenvalue weighted by Crippen LogP contribution is 2.22. The lowest BCUT2D eigenvalue weighted by Gasteiger charge is -2.08. The third-order valence-corrected chi connectivity index (χ3v) is 4.28. The molecule has 0 spiro atoms. The third kappa shape index (κ3) is 3.62. The van der Waals surface area contributed by atoms with E-state index in [-0.39, 0.29) is 5.91 Å². The average molecular weight is 355 g/mol. The molecule has 5 heteroatoms. The predicted octanol–water partition coefficient (Wildman–Crippen LogP) is 4.56. The maximum absolute atomic E-state index is 12.6. The van der Waals surface area contributed by atoms with Crippen LogP contribution in [0.1, 0.15) is 10.4 Å². The summed E-state index contributed by atoms with van der Waals surface area (Å²) in [5.41, 5.74) is 2.88. The molecule has 0 radical (unpaired) electrons. The molecule has 27 heavy (non-hydrogen) atoms. The molecule has 0 fully saturated rings. The van der Waals surface area contributed by atoms with Gasteiger partial charge in [-0.15, -0.1) is 10.2 Å². The Hall–Kier alpha value is -3.73. The summed E-state index contributed by atoms with van der Waals surface area (Å²) in [7, 11) is 1.55. The third-order valence-electron chi connectivity index (χ3n) is 4.28. The second-order valence-electron chi connectivity index (χ2n) is 6.06. The summed E-state index contributed by atoms with van der Waals surface area (Å²) in [5, 5.41) is 13.2. The van der Waals surface area contributed by atoms with Gasteiger partial charge in [-0.05, 0) is 41.1 Å². The van der Waals surface area contributed by atoms with Gasteiger partial charge in [-0.2, -0.15) is 0 Å². The van der Waals surface area contributed by atoms with Crippen molar-refractivity contribution in [2.75, 3.05) is 12.4 Å². The molecule has 0 bridgehead atoms. The first-order valence-electron chi connectivity index (χ1n) is 8.51. The topological polar surface area (TPSA) is 64.1 Å². The van der Waals surface area contributed by atoms with Gasteiger partial charge in [0.1, 0.15) is 0 Å². The van der Waals surface area contributed by atoms with E-state index < -0.39 is 0 Å². The number of nitrogens with one attached hydrogen (secondary N) is 1. The number of carbonyl (C=O) groups is 1. The Morgan fingerprint density at radius 1 is 0.852 bits per heavy atom. The van der Waals surface area contributed by atoms with Gasteiger partial charge in [-0.25, -0.2) is 0 Å². The average Bonchev–Trinajstić information content (AvgIpc) is 2.73. The van der Waals surface area contributed by atoms with Gasteiger partial charge >= 0.3 is 0 Å². The number of methoxy groups -OCH3 is 1. The fraction of sp³-hybridized carbons (Fsp3) is 0.0455. The highest BCUT2D eigenvalue weighted by atomic mass is 16.5. The Morgan fingerprint density at radius 3 is 2.48 bits per heavy atom. The van der Waals surface area contributed by atoms with Gasteiger partial charge in [-0.3, -0.25) is 4.79 Å². The van der Waals surface area contributed by atoms with Crippen LogP contribution in [0.3, 0.4) is 0 Å². The quantitative estimate of drug-likeness (QED) is 0.583. The van der Waals surface area contributed by atoms with Crippen LogP contribution in [0.15, 0.2) is 78.9 Å². The smallest absolute Gasteiger partial charge is 0.255 e. The molecule has 0 aliphatic carbocycles. The first-order valence-corrected chi connectivity index (χ1v) is 8.51. The van der Waals surface area contributed by atoms with E-state index in [1.165, 1.54) is 0 Å². The van der Waals surface area contributed by atoms with E-state index in [2.05, 4.69) is 15.5 Å². The number of benzene rings is 3. The molecule has 4 rings (SSSR count). The summed E-state index contributed by atoms with van der Waals surface area (Å²) >= 11 is 0. The number of aromatic nitrogens is 2. The van der Waals surface area contributed by atoms with Crippen molar-refractivity contribution >= 4 is 22.4 Å². The van der Waals surface area contributed by atoms with E-state index in [1.807, 2.05) is 72.8 Å². The molecule has 1 N–H and O–H groups in total. The van der Waals surface area contributed by atoms with Crippen LogP contribution in [-0.4, -0.2) is 23.2 Å². The summed E-state index contributed by atoms with van der Waals surface area (Å²) in [6.45, 7) is 0. The molecule has 3 aromatic carbocycles. The van der Waals surface area contributed by atoms with Gasteiger partial charge in [0.2, 0.25) is 5.88 Å². The predicted molar refractivity (Wildman–Crippen MR) is 106 cm³/mol. The lowest BCUT2D eigenvalue weighted by Crippen LogP contribution is -2.11. The minimum absolute atomic E-state index is 0.154. The second-order valence-corrected chi connectivity index (χ2v) is 6.06. The van der Waals surface area contributed by atoms with Crippen molar-refractivity contribution in [3.05, 3.63) is 84.4 Å². The minimum Gasteiger partial charge on any atom is -0.480 e. The molecule has 4 aromatic rings. The Kier molecular flexibility index (Phi) is 4.49. The maximum atomic E-state index is 12.6. The summed E-state index contributed by atoms with van der Waals surface area (Å²) in [6.07, 6.45) is 0. The molecular formula is C22H17N3O2. The van der Waals surface area contributed by atoms with Crippen LogP contribution >= 0.6 is 0 Å². The van der Waals surface area contributed by atoms with Crippen molar-refractivity contribution in [1.82, 2.24) is 10.2 Å². The van der Waals surface area contributed by atoms with Gasteiger partial charge in [0.25, 0.3) is 5.91 Å². The van der Waals surface area contributed by atoms with E-state index >= 15 is 0 Å². The second kappa shape index (κ2) is 7.25. The number of hydrogen-bond acceptors (Lipinski definition) is 4. The zero-order valence-electron chi connectivity index (χ0n) is 14.7. The number of carbonyl (C=O) groups excluding carboxylic acids is 1. The van der Waals surface area contributed by atoms with E-state index in [1.54, 1.807) is 13.2 Å². The largest absolute Gasteiger partial charge is 0.480 e. The summed E-state index contributed by atoms with van der Waals surface area (Å²) < 4.78 is 5.03.